The van der Waals surface area contributed by atoms with Gasteiger partial charge < -0.3 is 0 Å². The minimum atomic E-state index is 0.0189. The molecule has 0 saturated heterocycles. The molecule has 0 aromatic heterocycles. The van der Waals surface area contributed by atoms with Crippen LogP contribution in [-0.2, 0) is 0 Å². The molecule has 1 aromatic rings. The van der Waals surface area contributed by atoms with Crippen molar-refractivity contribution in [1.82, 2.24) is 0 Å². The van der Waals surface area contributed by atoms with Gasteiger partial charge in [-0.3, -0.25) is 0 Å². The molecule has 0 radical (unpaired) electrons. The third-order valence-corrected chi connectivity index (χ3v) is 3.15. The zero-order valence-electron chi connectivity index (χ0n) is 8.77. The van der Waals surface area contributed by atoms with Gasteiger partial charge in [0.1, 0.15) is 0 Å². The second-order valence-corrected chi connectivity index (χ2v) is 4.19. The Kier molecular flexibility index (Phi) is 4.40. The number of benzene rings is 1. The maximum atomic E-state index is 8.84. The lowest BCUT2D eigenvalue weighted by atomic mass is 10.0. The van der Waals surface area contributed by atoms with E-state index >= 15 is 0 Å². The van der Waals surface area contributed by atoms with Gasteiger partial charge in [-0.05, 0) is 30.0 Å². The van der Waals surface area contributed by atoms with Crippen LogP contribution in [0.25, 0.3) is 0 Å². The van der Waals surface area contributed by atoms with Gasteiger partial charge >= 0.3 is 0 Å². The maximum absolute atomic E-state index is 8.84. The van der Waals surface area contributed by atoms with Crippen molar-refractivity contribution in [3.05, 3.63) is 34.9 Å². The van der Waals surface area contributed by atoms with Crippen molar-refractivity contribution in [2.24, 2.45) is 0 Å². The zero-order chi connectivity index (χ0) is 12.0. The van der Waals surface area contributed by atoms with Crippen LogP contribution in [0.5, 0.6) is 0 Å². The van der Waals surface area contributed by atoms with Gasteiger partial charge in [0.15, 0.2) is 0 Å². The standard InChI is InChI=1S/C12H9N3S/c1-16-12(2-3-13)11-5-9(7-14)4-10(6-11)8-15/h4-6,12H,2H2,1H3. The minimum Gasteiger partial charge on any atom is -0.198 e. The van der Waals surface area contributed by atoms with Crippen molar-refractivity contribution in [3.8, 4) is 18.2 Å². The fourth-order valence-electron chi connectivity index (χ4n) is 1.39. The first-order chi connectivity index (χ1) is 7.74. The van der Waals surface area contributed by atoms with E-state index in [0.717, 1.165) is 5.56 Å². The van der Waals surface area contributed by atoms with Crippen LogP contribution < -0.4 is 0 Å². The molecule has 0 fully saturated rings. The predicted molar refractivity (Wildman–Crippen MR) is 62.4 cm³/mol. The minimum absolute atomic E-state index is 0.0189. The average molecular weight is 227 g/mol. The molecule has 1 aromatic carbocycles. The van der Waals surface area contributed by atoms with E-state index in [9.17, 15) is 0 Å². The van der Waals surface area contributed by atoms with Crippen LogP contribution in [0.3, 0.4) is 0 Å². The second kappa shape index (κ2) is 5.81. The smallest absolute Gasteiger partial charge is 0.0992 e. The Balaban J connectivity index is 3.19. The quantitative estimate of drug-likeness (QED) is 0.796. The van der Waals surface area contributed by atoms with Gasteiger partial charge in [0, 0.05) is 5.25 Å². The summed E-state index contributed by atoms with van der Waals surface area (Å²) in [5, 5.41) is 26.4. The lowest BCUT2D eigenvalue weighted by Crippen LogP contribution is -1.94. The molecule has 0 aliphatic carbocycles. The van der Waals surface area contributed by atoms with Gasteiger partial charge in [-0.15, -0.1) is 0 Å². The van der Waals surface area contributed by atoms with E-state index in [0.29, 0.717) is 17.5 Å². The molecule has 78 valence electrons. The van der Waals surface area contributed by atoms with Crippen LogP contribution in [0.1, 0.15) is 28.4 Å². The SMILES string of the molecule is CSC(CC#N)c1cc(C#N)cc(C#N)c1. The molecule has 3 nitrogen and oxygen atoms in total. The third kappa shape index (κ3) is 2.76. The molecule has 0 aliphatic heterocycles. The number of hydrogen-bond donors (Lipinski definition) is 0. The summed E-state index contributed by atoms with van der Waals surface area (Å²) >= 11 is 1.54. The normalized spacial score (nSPS) is 10.9. The van der Waals surface area contributed by atoms with Gasteiger partial charge in [-0.2, -0.15) is 27.5 Å². The van der Waals surface area contributed by atoms with Crippen molar-refractivity contribution in [2.45, 2.75) is 11.7 Å². The lowest BCUT2D eigenvalue weighted by molar-refractivity contribution is 0.980. The number of thioether (sulfide) groups is 1. The Bertz CT molecular complexity index is 470. The summed E-state index contributed by atoms with van der Waals surface area (Å²) in [6.45, 7) is 0. The average Bonchev–Trinajstić information content (AvgIpc) is 2.35. The van der Waals surface area contributed by atoms with Gasteiger partial charge in [-0.1, -0.05) is 0 Å². The largest absolute Gasteiger partial charge is 0.198 e. The topological polar surface area (TPSA) is 71.4 Å². The number of hydrogen-bond acceptors (Lipinski definition) is 4. The molecule has 0 bridgehead atoms. The highest BCUT2D eigenvalue weighted by atomic mass is 32.2. The van der Waals surface area contributed by atoms with Crippen LogP contribution in [0.2, 0.25) is 0 Å². The number of rotatable bonds is 3. The Morgan fingerprint density at radius 2 is 1.69 bits per heavy atom. The molecular formula is C12H9N3S. The third-order valence-electron chi connectivity index (χ3n) is 2.15. The van der Waals surface area contributed by atoms with Crippen LogP contribution >= 0.6 is 11.8 Å². The summed E-state index contributed by atoms with van der Waals surface area (Å²) in [7, 11) is 0. The first kappa shape index (κ1) is 12.1. The summed E-state index contributed by atoms with van der Waals surface area (Å²) in [5.74, 6) is 0. The van der Waals surface area contributed by atoms with Crippen molar-refractivity contribution in [1.29, 1.82) is 15.8 Å². The molecule has 0 amide bonds. The molecular weight excluding hydrogens is 218 g/mol. The number of nitrogens with zero attached hydrogens (tertiary/aromatic N) is 3. The van der Waals surface area contributed by atoms with Gasteiger partial charge in [0.05, 0.1) is 35.8 Å². The highest BCUT2D eigenvalue weighted by Gasteiger charge is 2.11. The fourth-order valence-corrected chi connectivity index (χ4v) is 2.04. The summed E-state index contributed by atoms with van der Waals surface area (Å²) in [4.78, 5) is 0. The molecule has 1 rings (SSSR count). The molecule has 1 atom stereocenters. The van der Waals surface area contributed by atoms with E-state index < -0.39 is 0 Å². The number of nitriles is 3. The first-order valence-corrected chi connectivity index (χ1v) is 5.89. The van der Waals surface area contributed by atoms with Gasteiger partial charge in [-0.25, -0.2) is 0 Å². The van der Waals surface area contributed by atoms with Crippen molar-refractivity contribution >= 4 is 11.8 Å². The van der Waals surface area contributed by atoms with E-state index in [4.69, 9.17) is 15.8 Å². The van der Waals surface area contributed by atoms with E-state index in [1.807, 2.05) is 18.4 Å². The Morgan fingerprint density at radius 3 is 2.06 bits per heavy atom. The Morgan fingerprint density at radius 1 is 1.12 bits per heavy atom. The highest BCUT2D eigenvalue weighted by Crippen LogP contribution is 2.30. The van der Waals surface area contributed by atoms with E-state index in [1.165, 1.54) is 0 Å². The Hall–Kier alpha value is -1.96. The summed E-state index contributed by atoms with van der Waals surface area (Å²) in [5.41, 5.74) is 1.79. The fraction of sp³-hybridized carbons (Fsp3) is 0.250. The first-order valence-electron chi connectivity index (χ1n) is 4.60. The molecule has 0 N–H and O–H groups in total. The molecule has 0 spiro atoms. The summed E-state index contributed by atoms with van der Waals surface area (Å²) in [6.07, 6.45) is 2.29. The second-order valence-electron chi connectivity index (χ2n) is 3.15. The molecule has 0 aliphatic rings. The van der Waals surface area contributed by atoms with Crippen molar-refractivity contribution < 1.29 is 0 Å². The van der Waals surface area contributed by atoms with E-state index in [2.05, 4.69) is 6.07 Å². The van der Waals surface area contributed by atoms with Gasteiger partial charge in [0.2, 0.25) is 0 Å². The van der Waals surface area contributed by atoms with E-state index in [-0.39, 0.29) is 5.25 Å². The molecule has 4 heteroatoms. The summed E-state index contributed by atoms with van der Waals surface area (Å²) in [6, 6.07) is 11.2. The highest BCUT2D eigenvalue weighted by molar-refractivity contribution is 7.98. The van der Waals surface area contributed by atoms with Crippen LogP contribution in [0.15, 0.2) is 18.2 Å². The molecule has 0 saturated carbocycles. The molecule has 16 heavy (non-hydrogen) atoms. The zero-order valence-corrected chi connectivity index (χ0v) is 9.58. The van der Waals surface area contributed by atoms with E-state index in [1.54, 1.807) is 30.0 Å². The summed E-state index contributed by atoms with van der Waals surface area (Å²) < 4.78 is 0. The Labute approximate surface area is 98.9 Å². The molecule has 1 unspecified atom stereocenters. The maximum Gasteiger partial charge on any atom is 0.0992 e. The van der Waals surface area contributed by atoms with Crippen LogP contribution in [0, 0.1) is 34.0 Å². The predicted octanol–water partition coefficient (Wildman–Crippen LogP) is 2.75. The van der Waals surface area contributed by atoms with Crippen molar-refractivity contribution in [2.75, 3.05) is 6.26 Å². The van der Waals surface area contributed by atoms with Crippen LogP contribution in [0.4, 0.5) is 0 Å². The van der Waals surface area contributed by atoms with Crippen LogP contribution in [-0.4, -0.2) is 6.26 Å². The van der Waals surface area contributed by atoms with Crippen molar-refractivity contribution in [3.63, 3.8) is 0 Å². The monoisotopic (exact) mass is 227 g/mol. The molecule has 0 heterocycles. The van der Waals surface area contributed by atoms with Gasteiger partial charge in [0.25, 0.3) is 0 Å². The lowest BCUT2D eigenvalue weighted by Gasteiger charge is -2.11.